The Hall–Kier alpha value is -0.500. The largest absolute Gasteiger partial charge is 0.471 e. The molecule has 94 valence electrons. The summed E-state index contributed by atoms with van der Waals surface area (Å²) in [6, 6.07) is 0. The zero-order valence-corrected chi connectivity index (χ0v) is 9.57. The maximum Gasteiger partial charge on any atom is 0.471 e. The van der Waals surface area contributed by atoms with Crippen molar-refractivity contribution in [1.82, 2.24) is 4.90 Å². The predicted molar refractivity (Wildman–Crippen MR) is 50.4 cm³/mol. The molecule has 0 aromatic carbocycles. The van der Waals surface area contributed by atoms with E-state index in [1.807, 2.05) is 0 Å². The van der Waals surface area contributed by atoms with Crippen molar-refractivity contribution in [2.24, 2.45) is 5.92 Å². The molecule has 0 saturated carbocycles. The van der Waals surface area contributed by atoms with Crippen LogP contribution >= 0.6 is 10.7 Å². The zero-order chi connectivity index (χ0) is 12.6. The number of hydrogen-bond acceptors (Lipinski definition) is 3. The van der Waals surface area contributed by atoms with Crippen LogP contribution in [0.5, 0.6) is 0 Å². The topological polar surface area (TPSA) is 54.5 Å². The third-order valence-corrected chi connectivity index (χ3v) is 3.50. The average Bonchev–Trinajstić information content (AvgIpc) is 2.46. The predicted octanol–water partition coefficient (Wildman–Crippen LogP) is 0.966. The van der Waals surface area contributed by atoms with Gasteiger partial charge in [0.1, 0.15) is 0 Å². The number of amides is 1. The van der Waals surface area contributed by atoms with Crippen molar-refractivity contribution in [1.29, 1.82) is 0 Å². The van der Waals surface area contributed by atoms with E-state index in [4.69, 9.17) is 10.7 Å². The second kappa shape index (κ2) is 4.40. The normalized spacial score (nSPS) is 22.5. The van der Waals surface area contributed by atoms with Crippen LogP contribution in [0.25, 0.3) is 0 Å². The molecule has 1 atom stereocenters. The Balaban J connectivity index is 2.57. The quantitative estimate of drug-likeness (QED) is 0.708. The van der Waals surface area contributed by atoms with Crippen molar-refractivity contribution in [3.05, 3.63) is 0 Å². The highest BCUT2D eigenvalue weighted by Gasteiger charge is 2.44. The van der Waals surface area contributed by atoms with Gasteiger partial charge in [-0.3, -0.25) is 4.79 Å². The molecule has 0 aromatic heterocycles. The lowest BCUT2D eigenvalue weighted by molar-refractivity contribution is -0.184. The van der Waals surface area contributed by atoms with Gasteiger partial charge in [0.25, 0.3) is 0 Å². The summed E-state index contributed by atoms with van der Waals surface area (Å²) in [5.41, 5.74) is 0. The van der Waals surface area contributed by atoms with E-state index in [2.05, 4.69) is 0 Å². The second-order valence-corrected chi connectivity index (χ2v) is 6.43. The molecule has 1 fully saturated rings. The van der Waals surface area contributed by atoms with Gasteiger partial charge in [-0.15, -0.1) is 0 Å². The standard InChI is InChI=1S/C7H9ClF3NO3S/c8-16(14,15)4-5-1-2-12(3-5)6(13)7(9,10)11/h5H,1-4H2. The average molecular weight is 280 g/mol. The van der Waals surface area contributed by atoms with Gasteiger partial charge in [-0.1, -0.05) is 0 Å². The molecule has 1 rings (SSSR count). The first-order valence-corrected chi connectivity index (χ1v) is 6.86. The molecule has 1 aliphatic heterocycles. The summed E-state index contributed by atoms with van der Waals surface area (Å²) in [7, 11) is 1.24. The molecule has 9 heteroatoms. The Morgan fingerprint density at radius 2 is 2.00 bits per heavy atom. The van der Waals surface area contributed by atoms with Gasteiger partial charge in [0.05, 0.1) is 5.75 Å². The van der Waals surface area contributed by atoms with E-state index in [1.54, 1.807) is 0 Å². The zero-order valence-electron chi connectivity index (χ0n) is 8.00. The van der Waals surface area contributed by atoms with Gasteiger partial charge in [0, 0.05) is 23.8 Å². The number of likely N-dealkylation sites (tertiary alicyclic amines) is 1. The van der Waals surface area contributed by atoms with E-state index in [1.165, 1.54) is 0 Å². The maximum atomic E-state index is 12.0. The number of carbonyl (C=O) groups is 1. The maximum absolute atomic E-state index is 12.0. The molecule has 16 heavy (non-hydrogen) atoms. The van der Waals surface area contributed by atoms with E-state index in [0.29, 0.717) is 4.90 Å². The summed E-state index contributed by atoms with van der Waals surface area (Å²) in [6.45, 7) is -0.306. The Labute approximate surface area is 94.8 Å². The second-order valence-electron chi connectivity index (χ2n) is 3.61. The van der Waals surface area contributed by atoms with Gasteiger partial charge in [-0.25, -0.2) is 8.42 Å². The van der Waals surface area contributed by atoms with Gasteiger partial charge in [-0.2, -0.15) is 13.2 Å². The summed E-state index contributed by atoms with van der Waals surface area (Å²) >= 11 is 0. The van der Waals surface area contributed by atoms with Gasteiger partial charge in [0.2, 0.25) is 9.05 Å². The van der Waals surface area contributed by atoms with Crippen LogP contribution in [0.4, 0.5) is 13.2 Å². The van der Waals surface area contributed by atoms with Gasteiger partial charge in [-0.05, 0) is 12.3 Å². The molecular formula is C7H9ClF3NO3S. The van der Waals surface area contributed by atoms with Crippen molar-refractivity contribution in [2.45, 2.75) is 12.6 Å². The van der Waals surface area contributed by atoms with Crippen molar-refractivity contribution < 1.29 is 26.4 Å². The van der Waals surface area contributed by atoms with Crippen molar-refractivity contribution in [2.75, 3.05) is 18.8 Å². The fraction of sp³-hybridized carbons (Fsp3) is 0.857. The van der Waals surface area contributed by atoms with Crippen LogP contribution in [0.2, 0.25) is 0 Å². The number of carbonyl (C=O) groups excluding carboxylic acids is 1. The minimum Gasteiger partial charge on any atom is -0.335 e. The lowest BCUT2D eigenvalue weighted by Gasteiger charge is -2.17. The minimum absolute atomic E-state index is 0.0879. The first-order valence-electron chi connectivity index (χ1n) is 4.38. The van der Waals surface area contributed by atoms with Crippen LogP contribution < -0.4 is 0 Å². The smallest absolute Gasteiger partial charge is 0.335 e. The molecule has 1 unspecified atom stereocenters. The number of rotatable bonds is 2. The SMILES string of the molecule is O=C(N1CCC(CS(=O)(=O)Cl)C1)C(F)(F)F. The van der Waals surface area contributed by atoms with Crippen LogP contribution in [0.1, 0.15) is 6.42 Å². The number of halogens is 4. The summed E-state index contributed by atoms with van der Waals surface area (Å²) < 4.78 is 57.5. The Kier molecular flexibility index (Phi) is 3.73. The van der Waals surface area contributed by atoms with E-state index in [-0.39, 0.29) is 19.5 Å². The summed E-state index contributed by atoms with van der Waals surface area (Å²) in [4.78, 5) is 11.4. The first-order chi connectivity index (χ1) is 7.09. The van der Waals surface area contributed by atoms with Crippen LogP contribution in [-0.2, 0) is 13.8 Å². The molecule has 1 heterocycles. The lowest BCUT2D eigenvalue weighted by atomic mass is 10.2. The minimum atomic E-state index is -4.91. The first kappa shape index (κ1) is 13.6. The van der Waals surface area contributed by atoms with E-state index in [9.17, 15) is 26.4 Å². The molecule has 0 N–H and O–H groups in total. The fourth-order valence-electron chi connectivity index (χ4n) is 1.61. The highest BCUT2D eigenvalue weighted by molar-refractivity contribution is 8.13. The molecule has 0 bridgehead atoms. The van der Waals surface area contributed by atoms with Crippen LogP contribution in [0.15, 0.2) is 0 Å². The van der Waals surface area contributed by atoms with Gasteiger partial charge >= 0.3 is 12.1 Å². The highest BCUT2D eigenvalue weighted by atomic mass is 35.7. The van der Waals surface area contributed by atoms with Crippen molar-refractivity contribution >= 4 is 25.6 Å². The van der Waals surface area contributed by atoms with Crippen LogP contribution in [-0.4, -0.2) is 44.2 Å². The Bertz CT molecular complexity index is 381. The van der Waals surface area contributed by atoms with E-state index < -0.39 is 32.8 Å². The molecule has 1 amide bonds. The number of hydrogen-bond donors (Lipinski definition) is 0. The van der Waals surface area contributed by atoms with Gasteiger partial charge < -0.3 is 4.90 Å². The van der Waals surface area contributed by atoms with E-state index >= 15 is 0 Å². The molecule has 4 nitrogen and oxygen atoms in total. The Morgan fingerprint density at radius 1 is 1.44 bits per heavy atom. The third kappa shape index (κ3) is 3.82. The lowest BCUT2D eigenvalue weighted by Crippen LogP contribution is -2.39. The number of alkyl halides is 3. The van der Waals surface area contributed by atoms with Gasteiger partial charge in [0.15, 0.2) is 0 Å². The molecule has 1 saturated heterocycles. The molecule has 0 spiro atoms. The van der Waals surface area contributed by atoms with Crippen LogP contribution in [0, 0.1) is 5.92 Å². The third-order valence-electron chi connectivity index (χ3n) is 2.25. The Morgan fingerprint density at radius 3 is 2.44 bits per heavy atom. The molecule has 1 aliphatic rings. The number of nitrogens with zero attached hydrogens (tertiary/aromatic N) is 1. The molecular weight excluding hydrogens is 271 g/mol. The molecule has 0 radical (unpaired) electrons. The fourth-order valence-corrected chi connectivity index (χ4v) is 2.98. The molecule has 0 aromatic rings. The summed E-state index contributed by atoms with van der Waals surface area (Å²) in [6.07, 6.45) is -4.69. The molecule has 0 aliphatic carbocycles. The highest BCUT2D eigenvalue weighted by Crippen LogP contribution is 2.25. The monoisotopic (exact) mass is 279 g/mol. The van der Waals surface area contributed by atoms with Crippen molar-refractivity contribution in [3.63, 3.8) is 0 Å². The van der Waals surface area contributed by atoms with Crippen LogP contribution in [0.3, 0.4) is 0 Å². The van der Waals surface area contributed by atoms with E-state index in [0.717, 1.165) is 0 Å². The summed E-state index contributed by atoms with van der Waals surface area (Å²) in [5, 5.41) is 0. The van der Waals surface area contributed by atoms with Crippen molar-refractivity contribution in [3.8, 4) is 0 Å². The summed E-state index contributed by atoms with van der Waals surface area (Å²) in [5.74, 6) is -2.85.